The lowest BCUT2D eigenvalue weighted by atomic mass is 9.98. The zero-order valence-corrected chi connectivity index (χ0v) is 9.79. The number of rotatable bonds is 3. The molecule has 1 aliphatic rings. The molecule has 0 bridgehead atoms. The molecule has 0 aromatic carbocycles. The van der Waals surface area contributed by atoms with Crippen LogP contribution in [-0.2, 0) is 9.59 Å². The van der Waals surface area contributed by atoms with Crippen molar-refractivity contribution in [1.29, 1.82) is 0 Å². The van der Waals surface area contributed by atoms with E-state index in [2.05, 4.69) is 0 Å². The van der Waals surface area contributed by atoms with E-state index in [1.54, 1.807) is 17.0 Å². The molecule has 5 heteroatoms. The fraction of sp³-hybridized carbons (Fsp3) is 0.500. The van der Waals surface area contributed by atoms with Crippen LogP contribution in [-0.4, -0.2) is 27.9 Å². The minimum atomic E-state index is -0.956. The maximum absolute atomic E-state index is 11.9. The molecular formula is C12H15NO4. The van der Waals surface area contributed by atoms with E-state index in [4.69, 9.17) is 4.42 Å². The van der Waals surface area contributed by atoms with E-state index in [1.807, 2.05) is 13.8 Å². The molecule has 1 N–H and O–H groups in total. The molecule has 1 amide bonds. The Morgan fingerprint density at radius 2 is 2.29 bits per heavy atom. The van der Waals surface area contributed by atoms with Crippen LogP contribution in [0.1, 0.15) is 32.1 Å². The average molecular weight is 237 g/mol. The Hall–Kier alpha value is -1.78. The summed E-state index contributed by atoms with van der Waals surface area (Å²) in [6.45, 7) is 3.75. The third-order valence-electron chi connectivity index (χ3n) is 3.07. The van der Waals surface area contributed by atoms with E-state index in [0.717, 1.165) is 0 Å². The molecule has 2 rings (SSSR count). The summed E-state index contributed by atoms with van der Waals surface area (Å²) in [4.78, 5) is 24.7. The number of aliphatic carboxylic acids is 1. The average Bonchev–Trinajstić information content (AvgIpc) is 2.82. The van der Waals surface area contributed by atoms with Gasteiger partial charge in [-0.15, -0.1) is 0 Å². The van der Waals surface area contributed by atoms with Gasteiger partial charge in [0.25, 0.3) is 0 Å². The van der Waals surface area contributed by atoms with Crippen molar-refractivity contribution >= 4 is 11.9 Å². The van der Waals surface area contributed by atoms with Crippen LogP contribution >= 0.6 is 0 Å². The van der Waals surface area contributed by atoms with Crippen molar-refractivity contribution in [2.75, 3.05) is 0 Å². The van der Waals surface area contributed by atoms with Crippen LogP contribution in [0.4, 0.5) is 0 Å². The Balaban J connectivity index is 2.39. The molecule has 1 aromatic heterocycles. The maximum atomic E-state index is 11.9. The molecule has 92 valence electrons. The number of likely N-dealkylation sites (tertiary alicyclic amines) is 1. The second kappa shape index (κ2) is 4.24. The van der Waals surface area contributed by atoms with Crippen LogP contribution in [0.3, 0.4) is 0 Å². The second-order valence-electron chi connectivity index (χ2n) is 4.50. The number of carbonyl (C=O) groups excluding carboxylic acids is 1. The van der Waals surface area contributed by atoms with Crippen molar-refractivity contribution in [2.24, 2.45) is 5.92 Å². The van der Waals surface area contributed by atoms with Crippen LogP contribution in [0.25, 0.3) is 0 Å². The molecule has 1 saturated heterocycles. The lowest BCUT2D eigenvalue weighted by Gasteiger charge is -2.28. The minimum absolute atomic E-state index is 0.0399. The summed E-state index contributed by atoms with van der Waals surface area (Å²) in [5, 5.41) is 9.18. The van der Waals surface area contributed by atoms with Gasteiger partial charge in [0, 0.05) is 12.5 Å². The first-order chi connectivity index (χ1) is 8.02. The Morgan fingerprint density at radius 1 is 1.59 bits per heavy atom. The third kappa shape index (κ3) is 1.92. The van der Waals surface area contributed by atoms with Crippen LogP contribution in [0, 0.1) is 5.92 Å². The number of furan rings is 1. The summed E-state index contributed by atoms with van der Waals surface area (Å²) in [5.41, 5.74) is 0. The number of carbonyl (C=O) groups is 2. The van der Waals surface area contributed by atoms with Crippen molar-refractivity contribution in [3.05, 3.63) is 24.2 Å². The second-order valence-corrected chi connectivity index (χ2v) is 4.50. The van der Waals surface area contributed by atoms with Crippen molar-refractivity contribution < 1.29 is 19.1 Å². The van der Waals surface area contributed by atoms with E-state index in [-0.39, 0.29) is 18.4 Å². The summed E-state index contributed by atoms with van der Waals surface area (Å²) < 4.78 is 5.27. The quantitative estimate of drug-likeness (QED) is 0.867. The van der Waals surface area contributed by atoms with Crippen LogP contribution in [0.15, 0.2) is 22.8 Å². The number of carboxylic acids is 1. The highest BCUT2D eigenvalue weighted by atomic mass is 16.4. The fourth-order valence-electron chi connectivity index (χ4n) is 2.38. The number of nitrogens with zero attached hydrogens (tertiary/aromatic N) is 1. The molecule has 0 radical (unpaired) electrons. The van der Waals surface area contributed by atoms with Gasteiger partial charge < -0.3 is 14.4 Å². The third-order valence-corrected chi connectivity index (χ3v) is 3.07. The predicted molar refractivity (Wildman–Crippen MR) is 59.2 cm³/mol. The van der Waals surface area contributed by atoms with E-state index in [0.29, 0.717) is 5.76 Å². The van der Waals surface area contributed by atoms with Crippen LogP contribution in [0.5, 0.6) is 0 Å². The van der Waals surface area contributed by atoms with Crippen molar-refractivity contribution in [2.45, 2.75) is 32.4 Å². The molecule has 1 fully saturated rings. The summed E-state index contributed by atoms with van der Waals surface area (Å²) in [5.74, 6) is -1.27. The normalized spacial score (nSPS) is 24.6. The van der Waals surface area contributed by atoms with Gasteiger partial charge >= 0.3 is 5.97 Å². The topological polar surface area (TPSA) is 70.8 Å². The molecule has 0 saturated carbocycles. The highest BCUT2D eigenvalue weighted by molar-refractivity contribution is 5.87. The first-order valence-corrected chi connectivity index (χ1v) is 5.59. The molecule has 0 spiro atoms. The fourth-order valence-corrected chi connectivity index (χ4v) is 2.38. The van der Waals surface area contributed by atoms with Gasteiger partial charge in [-0.1, -0.05) is 0 Å². The molecular weight excluding hydrogens is 222 g/mol. The molecule has 2 atom stereocenters. The first-order valence-electron chi connectivity index (χ1n) is 5.59. The lowest BCUT2D eigenvalue weighted by Crippen LogP contribution is -2.35. The van der Waals surface area contributed by atoms with E-state index in [1.165, 1.54) is 6.26 Å². The zero-order valence-electron chi connectivity index (χ0n) is 9.79. The highest BCUT2D eigenvalue weighted by Crippen LogP contribution is 2.39. The van der Waals surface area contributed by atoms with Gasteiger partial charge in [0.1, 0.15) is 11.8 Å². The standard InChI is InChI=1S/C12H15NO4/c1-7(2)13-10(14)6-8(12(15)16)11(13)9-4-3-5-17-9/h3-5,7-8,11H,6H2,1-2H3,(H,15,16). The van der Waals surface area contributed by atoms with Crippen molar-refractivity contribution in [3.8, 4) is 0 Å². The summed E-state index contributed by atoms with van der Waals surface area (Å²) in [6.07, 6.45) is 1.54. The number of hydrogen-bond donors (Lipinski definition) is 1. The van der Waals surface area contributed by atoms with Crippen molar-refractivity contribution in [3.63, 3.8) is 0 Å². The smallest absolute Gasteiger partial charge is 0.309 e. The Morgan fingerprint density at radius 3 is 2.76 bits per heavy atom. The molecule has 2 heterocycles. The molecule has 2 unspecified atom stereocenters. The molecule has 17 heavy (non-hydrogen) atoms. The molecule has 1 aromatic rings. The summed E-state index contributed by atoms with van der Waals surface area (Å²) in [6, 6.07) is 2.89. The zero-order chi connectivity index (χ0) is 12.6. The SMILES string of the molecule is CC(C)N1C(=O)CC(C(=O)O)C1c1ccco1. The number of amides is 1. The predicted octanol–water partition coefficient (Wildman–Crippen LogP) is 1.66. The van der Waals surface area contributed by atoms with Gasteiger partial charge in [-0.2, -0.15) is 0 Å². The number of carboxylic acid groups (broad SMARTS) is 1. The number of hydrogen-bond acceptors (Lipinski definition) is 3. The van der Waals surface area contributed by atoms with E-state index >= 15 is 0 Å². The largest absolute Gasteiger partial charge is 0.481 e. The van der Waals surface area contributed by atoms with Crippen LogP contribution < -0.4 is 0 Å². The lowest BCUT2D eigenvalue weighted by molar-refractivity contribution is -0.143. The van der Waals surface area contributed by atoms with Crippen LogP contribution in [0.2, 0.25) is 0 Å². The van der Waals surface area contributed by atoms with Gasteiger partial charge in [-0.25, -0.2) is 0 Å². The Kier molecular flexibility index (Phi) is 2.92. The summed E-state index contributed by atoms with van der Waals surface area (Å²) in [7, 11) is 0. The van der Waals surface area contributed by atoms with E-state index < -0.39 is 17.9 Å². The summed E-state index contributed by atoms with van der Waals surface area (Å²) >= 11 is 0. The minimum Gasteiger partial charge on any atom is -0.481 e. The van der Waals surface area contributed by atoms with Gasteiger partial charge in [0.05, 0.1) is 12.2 Å². The Labute approximate surface area is 99.0 Å². The van der Waals surface area contributed by atoms with Gasteiger partial charge in [0.15, 0.2) is 0 Å². The van der Waals surface area contributed by atoms with E-state index in [9.17, 15) is 14.7 Å². The monoisotopic (exact) mass is 237 g/mol. The van der Waals surface area contributed by atoms with Crippen molar-refractivity contribution in [1.82, 2.24) is 4.90 Å². The van der Waals surface area contributed by atoms with Gasteiger partial charge in [-0.3, -0.25) is 9.59 Å². The maximum Gasteiger partial charge on any atom is 0.309 e. The highest BCUT2D eigenvalue weighted by Gasteiger charge is 2.46. The van der Waals surface area contributed by atoms with Gasteiger partial charge in [-0.05, 0) is 26.0 Å². The molecule has 1 aliphatic heterocycles. The Bertz CT molecular complexity index is 424. The van der Waals surface area contributed by atoms with Gasteiger partial charge in [0.2, 0.25) is 5.91 Å². The first kappa shape index (κ1) is 11.7. The molecule has 5 nitrogen and oxygen atoms in total. The molecule has 0 aliphatic carbocycles.